The molecule has 0 aromatic carbocycles. The summed E-state index contributed by atoms with van der Waals surface area (Å²) in [6, 6.07) is 5.03. The fourth-order valence-electron chi connectivity index (χ4n) is 1.40. The molecular formula is C12H9BrF2N2O. The van der Waals surface area contributed by atoms with Crippen LogP contribution in [0.5, 0.6) is 11.6 Å². The van der Waals surface area contributed by atoms with E-state index in [4.69, 9.17) is 4.74 Å². The average Bonchev–Trinajstić information content (AvgIpc) is 2.32. The third-order valence-electron chi connectivity index (χ3n) is 2.24. The van der Waals surface area contributed by atoms with Crippen LogP contribution in [0.3, 0.4) is 0 Å². The average molecular weight is 315 g/mol. The van der Waals surface area contributed by atoms with Crippen molar-refractivity contribution in [3.05, 3.63) is 46.3 Å². The van der Waals surface area contributed by atoms with Gasteiger partial charge in [-0.25, -0.2) is 13.8 Å². The Balaban J connectivity index is 2.26. The predicted molar refractivity (Wildman–Crippen MR) is 65.9 cm³/mol. The van der Waals surface area contributed by atoms with Gasteiger partial charge >= 0.3 is 0 Å². The van der Waals surface area contributed by atoms with Gasteiger partial charge < -0.3 is 4.74 Å². The van der Waals surface area contributed by atoms with E-state index in [0.717, 1.165) is 0 Å². The standard InChI is InChI=1S/C12H9BrF2N2O/c1-7-5-8(6-17-10(7)11(14)15)18-12-9(13)3-2-4-16-12/h2-6,11H,1H3. The number of pyridine rings is 2. The van der Waals surface area contributed by atoms with Crippen LogP contribution in [0.15, 0.2) is 35.1 Å². The van der Waals surface area contributed by atoms with E-state index in [1.807, 2.05) is 0 Å². The summed E-state index contributed by atoms with van der Waals surface area (Å²) < 4.78 is 31.2. The maximum absolute atomic E-state index is 12.5. The maximum atomic E-state index is 12.5. The summed E-state index contributed by atoms with van der Waals surface area (Å²) in [4.78, 5) is 7.70. The highest BCUT2D eigenvalue weighted by molar-refractivity contribution is 9.10. The fourth-order valence-corrected chi connectivity index (χ4v) is 1.74. The van der Waals surface area contributed by atoms with Crippen LogP contribution in [-0.4, -0.2) is 9.97 Å². The lowest BCUT2D eigenvalue weighted by Crippen LogP contribution is -1.96. The quantitative estimate of drug-likeness (QED) is 0.848. The number of aromatic nitrogens is 2. The maximum Gasteiger partial charge on any atom is 0.280 e. The molecule has 0 unspecified atom stereocenters. The van der Waals surface area contributed by atoms with Gasteiger partial charge in [0, 0.05) is 6.20 Å². The molecule has 0 saturated carbocycles. The van der Waals surface area contributed by atoms with Crippen LogP contribution in [-0.2, 0) is 0 Å². The van der Waals surface area contributed by atoms with E-state index in [-0.39, 0.29) is 5.69 Å². The number of alkyl halides is 2. The minimum absolute atomic E-state index is 0.234. The molecule has 0 saturated heterocycles. The van der Waals surface area contributed by atoms with Crippen molar-refractivity contribution in [2.75, 3.05) is 0 Å². The van der Waals surface area contributed by atoms with Crippen molar-refractivity contribution in [1.82, 2.24) is 9.97 Å². The van der Waals surface area contributed by atoms with Crippen LogP contribution in [0.1, 0.15) is 17.7 Å². The summed E-state index contributed by atoms with van der Waals surface area (Å²) in [6.45, 7) is 1.56. The Morgan fingerprint density at radius 3 is 2.72 bits per heavy atom. The Morgan fingerprint density at radius 1 is 1.33 bits per heavy atom. The molecule has 6 heteroatoms. The SMILES string of the molecule is Cc1cc(Oc2ncccc2Br)cnc1C(F)F. The van der Waals surface area contributed by atoms with Crippen LogP contribution in [0.4, 0.5) is 8.78 Å². The van der Waals surface area contributed by atoms with Gasteiger partial charge in [0.2, 0.25) is 5.88 Å². The van der Waals surface area contributed by atoms with Crippen LogP contribution in [0.25, 0.3) is 0 Å². The number of rotatable bonds is 3. The summed E-state index contributed by atoms with van der Waals surface area (Å²) in [5.74, 6) is 0.736. The summed E-state index contributed by atoms with van der Waals surface area (Å²) in [6.07, 6.45) is 0.254. The van der Waals surface area contributed by atoms with Gasteiger partial charge in [-0.2, -0.15) is 0 Å². The van der Waals surface area contributed by atoms with Gasteiger partial charge in [-0.05, 0) is 46.6 Å². The van der Waals surface area contributed by atoms with Crippen LogP contribution in [0, 0.1) is 6.92 Å². The molecule has 0 N–H and O–H groups in total. The molecule has 94 valence electrons. The van der Waals surface area contributed by atoms with E-state index in [2.05, 4.69) is 25.9 Å². The first-order valence-electron chi connectivity index (χ1n) is 5.11. The molecule has 2 heterocycles. The zero-order valence-corrected chi connectivity index (χ0v) is 11.0. The first-order chi connectivity index (χ1) is 8.58. The molecule has 2 aromatic heterocycles. The molecule has 0 bridgehead atoms. The second-order valence-electron chi connectivity index (χ2n) is 3.57. The van der Waals surface area contributed by atoms with Crippen molar-refractivity contribution in [2.24, 2.45) is 0 Å². The van der Waals surface area contributed by atoms with E-state index >= 15 is 0 Å². The molecule has 0 atom stereocenters. The minimum atomic E-state index is -2.58. The van der Waals surface area contributed by atoms with Crippen LogP contribution in [0.2, 0.25) is 0 Å². The van der Waals surface area contributed by atoms with Gasteiger partial charge in [-0.3, -0.25) is 4.98 Å². The molecular weight excluding hydrogens is 306 g/mol. The van der Waals surface area contributed by atoms with Crippen LogP contribution < -0.4 is 4.74 Å². The molecule has 0 radical (unpaired) electrons. The predicted octanol–water partition coefficient (Wildman–Crippen LogP) is 4.28. The Bertz CT molecular complexity index is 564. The van der Waals surface area contributed by atoms with Gasteiger partial charge in [0.25, 0.3) is 6.43 Å². The van der Waals surface area contributed by atoms with E-state index in [0.29, 0.717) is 21.7 Å². The second-order valence-corrected chi connectivity index (χ2v) is 4.42. The Morgan fingerprint density at radius 2 is 2.11 bits per heavy atom. The molecule has 0 spiro atoms. The first kappa shape index (κ1) is 12.9. The lowest BCUT2D eigenvalue weighted by molar-refractivity contribution is 0.145. The molecule has 2 rings (SSSR count). The largest absolute Gasteiger partial charge is 0.436 e. The summed E-state index contributed by atoms with van der Waals surface area (Å²) in [5.41, 5.74) is 0.150. The molecule has 0 amide bonds. The van der Waals surface area contributed by atoms with Crippen molar-refractivity contribution in [1.29, 1.82) is 0 Å². The molecule has 0 aliphatic heterocycles. The van der Waals surface area contributed by atoms with Gasteiger partial charge in [-0.15, -0.1) is 0 Å². The Hall–Kier alpha value is -1.56. The highest BCUT2D eigenvalue weighted by atomic mass is 79.9. The van der Waals surface area contributed by atoms with Crippen molar-refractivity contribution >= 4 is 15.9 Å². The van der Waals surface area contributed by atoms with Crippen molar-refractivity contribution in [3.63, 3.8) is 0 Å². The smallest absolute Gasteiger partial charge is 0.280 e. The Kier molecular flexibility index (Phi) is 3.86. The molecule has 3 nitrogen and oxygen atoms in total. The highest BCUT2D eigenvalue weighted by Gasteiger charge is 2.13. The molecule has 0 fully saturated rings. The van der Waals surface area contributed by atoms with Gasteiger partial charge in [0.05, 0.1) is 10.7 Å². The zero-order chi connectivity index (χ0) is 13.1. The number of hydrogen-bond acceptors (Lipinski definition) is 3. The third kappa shape index (κ3) is 2.81. The lowest BCUT2D eigenvalue weighted by atomic mass is 10.2. The van der Waals surface area contributed by atoms with Gasteiger partial charge in [-0.1, -0.05) is 0 Å². The monoisotopic (exact) mass is 314 g/mol. The number of aryl methyl sites for hydroxylation is 1. The van der Waals surface area contributed by atoms with E-state index in [1.54, 1.807) is 25.3 Å². The van der Waals surface area contributed by atoms with Crippen molar-refractivity contribution in [3.8, 4) is 11.6 Å². The minimum Gasteiger partial charge on any atom is -0.436 e. The molecule has 2 aromatic rings. The second kappa shape index (κ2) is 5.39. The van der Waals surface area contributed by atoms with E-state index in [9.17, 15) is 8.78 Å². The molecule has 0 aliphatic carbocycles. The number of halogens is 3. The van der Waals surface area contributed by atoms with Crippen molar-refractivity contribution < 1.29 is 13.5 Å². The Labute approximate surface area is 111 Å². The fraction of sp³-hybridized carbons (Fsp3) is 0.167. The summed E-state index contributed by atoms with van der Waals surface area (Å²) in [7, 11) is 0. The van der Waals surface area contributed by atoms with E-state index in [1.165, 1.54) is 12.3 Å². The topological polar surface area (TPSA) is 35.0 Å². The summed E-state index contributed by atoms with van der Waals surface area (Å²) >= 11 is 3.28. The van der Waals surface area contributed by atoms with Gasteiger partial charge in [0.15, 0.2) is 0 Å². The van der Waals surface area contributed by atoms with Crippen LogP contribution >= 0.6 is 15.9 Å². The zero-order valence-electron chi connectivity index (χ0n) is 9.40. The number of nitrogens with zero attached hydrogens (tertiary/aromatic N) is 2. The van der Waals surface area contributed by atoms with E-state index < -0.39 is 6.43 Å². The lowest BCUT2D eigenvalue weighted by Gasteiger charge is -2.08. The third-order valence-corrected chi connectivity index (χ3v) is 2.84. The highest BCUT2D eigenvalue weighted by Crippen LogP contribution is 2.29. The normalized spacial score (nSPS) is 10.7. The number of hydrogen-bond donors (Lipinski definition) is 0. The first-order valence-corrected chi connectivity index (χ1v) is 5.90. The van der Waals surface area contributed by atoms with Crippen molar-refractivity contribution in [2.45, 2.75) is 13.3 Å². The number of ether oxygens (including phenoxy) is 1. The summed E-state index contributed by atoms with van der Waals surface area (Å²) in [5, 5.41) is 0. The van der Waals surface area contributed by atoms with Gasteiger partial charge in [0.1, 0.15) is 11.4 Å². The molecule has 0 aliphatic rings. The molecule has 18 heavy (non-hydrogen) atoms.